The fourth-order valence-corrected chi connectivity index (χ4v) is 3.46. The number of esters is 1. The Morgan fingerprint density at radius 2 is 2.12 bits per heavy atom. The van der Waals surface area contributed by atoms with Crippen LogP contribution < -0.4 is 0 Å². The summed E-state index contributed by atoms with van der Waals surface area (Å²) >= 11 is 8.78. The zero-order valence-corrected chi connectivity index (χ0v) is 12.0. The molecule has 0 radical (unpaired) electrons. The fourth-order valence-electron chi connectivity index (χ4n) is 0.847. The smallest absolute Gasteiger partial charge is 0.351 e. The molecule has 0 saturated carbocycles. The molecule has 1 aromatic heterocycles. The molecule has 0 N–H and O–H groups in total. The van der Waals surface area contributed by atoms with Crippen LogP contribution in [0.3, 0.4) is 0 Å². The highest BCUT2D eigenvalue weighted by molar-refractivity contribution is 8.01. The van der Waals surface area contributed by atoms with Crippen molar-refractivity contribution < 1.29 is 9.53 Å². The molecule has 1 heterocycles. The van der Waals surface area contributed by atoms with Crippen LogP contribution in [0.2, 0.25) is 5.15 Å². The molecule has 0 bridgehead atoms. The van der Waals surface area contributed by atoms with Crippen LogP contribution in [0.4, 0.5) is 0 Å². The van der Waals surface area contributed by atoms with Crippen LogP contribution in [0.5, 0.6) is 0 Å². The summed E-state index contributed by atoms with van der Waals surface area (Å²) in [6, 6.07) is 0. The quantitative estimate of drug-likeness (QED) is 0.622. The summed E-state index contributed by atoms with van der Waals surface area (Å²) in [7, 11) is 1.34. The van der Waals surface area contributed by atoms with Gasteiger partial charge in [-0.05, 0) is 5.92 Å². The molecular formula is C10H14ClNO2S2. The summed E-state index contributed by atoms with van der Waals surface area (Å²) in [5.41, 5.74) is 0. The lowest BCUT2D eigenvalue weighted by Crippen LogP contribution is -2.04. The zero-order chi connectivity index (χ0) is 12.3. The number of thiazole rings is 1. The molecule has 0 aliphatic carbocycles. The Morgan fingerprint density at radius 3 is 2.62 bits per heavy atom. The minimum atomic E-state index is -0.424. The van der Waals surface area contributed by atoms with Crippen molar-refractivity contribution >= 4 is 40.7 Å². The molecule has 6 heteroatoms. The number of thioether (sulfide) groups is 1. The van der Waals surface area contributed by atoms with Crippen LogP contribution in [0.25, 0.3) is 0 Å². The molecule has 0 saturated heterocycles. The van der Waals surface area contributed by atoms with Gasteiger partial charge in [0.05, 0.1) is 7.11 Å². The standard InChI is InChI=1S/C10H14ClNO2S2/c1-5(2)6(3)15-10-12-8(11)7(16-10)9(13)14-4/h5-6H,1-4H3. The van der Waals surface area contributed by atoms with E-state index in [4.69, 9.17) is 11.6 Å². The van der Waals surface area contributed by atoms with E-state index in [2.05, 4.69) is 30.5 Å². The van der Waals surface area contributed by atoms with Gasteiger partial charge >= 0.3 is 5.97 Å². The fraction of sp³-hybridized carbons (Fsp3) is 0.600. The van der Waals surface area contributed by atoms with Gasteiger partial charge in [0.25, 0.3) is 0 Å². The second kappa shape index (κ2) is 5.89. The van der Waals surface area contributed by atoms with Crippen molar-refractivity contribution in [1.29, 1.82) is 0 Å². The van der Waals surface area contributed by atoms with E-state index in [0.717, 1.165) is 4.34 Å². The lowest BCUT2D eigenvalue weighted by Gasteiger charge is -2.12. The first-order valence-electron chi connectivity index (χ1n) is 4.87. The van der Waals surface area contributed by atoms with Crippen molar-refractivity contribution in [2.45, 2.75) is 30.4 Å². The summed E-state index contributed by atoms with van der Waals surface area (Å²) in [6.45, 7) is 6.42. The van der Waals surface area contributed by atoms with Crippen molar-refractivity contribution in [3.05, 3.63) is 10.0 Å². The van der Waals surface area contributed by atoms with E-state index in [9.17, 15) is 4.79 Å². The number of hydrogen-bond acceptors (Lipinski definition) is 5. The highest BCUT2D eigenvalue weighted by atomic mass is 35.5. The lowest BCUT2D eigenvalue weighted by atomic mass is 10.2. The number of methoxy groups -OCH3 is 1. The third-order valence-electron chi connectivity index (χ3n) is 2.16. The first-order valence-corrected chi connectivity index (χ1v) is 6.94. The average Bonchev–Trinajstić information content (AvgIpc) is 2.58. The second-order valence-electron chi connectivity index (χ2n) is 3.66. The van der Waals surface area contributed by atoms with Gasteiger partial charge < -0.3 is 4.74 Å². The topological polar surface area (TPSA) is 39.2 Å². The lowest BCUT2D eigenvalue weighted by molar-refractivity contribution is 0.0606. The van der Waals surface area contributed by atoms with Gasteiger partial charge in [0.1, 0.15) is 0 Å². The number of ether oxygens (including phenoxy) is 1. The number of aromatic nitrogens is 1. The number of hydrogen-bond donors (Lipinski definition) is 0. The first kappa shape index (κ1) is 13.8. The Kier molecular flexibility index (Phi) is 5.08. The van der Waals surface area contributed by atoms with Crippen molar-refractivity contribution in [2.24, 2.45) is 5.92 Å². The minimum Gasteiger partial charge on any atom is -0.465 e. The van der Waals surface area contributed by atoms with Crippen molar-refractivity contribution in [3.8, 4) is 0 Å². The number of rotatable bonds is 4. The van der Waals surface area contributed by atoms with Gasteiger partial charge in [0.15, 0.2) is 14.4 Å². The molecule has 1 atom stereocenters. The predicted molar refractivity (Wildman–Crippen MR) is 68.6 cm³/mol. The zero-order valence-electron chi connectivity index (χ0n) is 9.61. The SMILES string of the molecule is COC(=O)c1sc(SC(C)C(C)C)nc1Cl. The summed E-state index contributed by atoms with van der Waals surface area (Å²) in [4.78, 5) is 15.8. The Bertz CT molecular complexity index is 379. The molecule has 3 nitrogen and oxygen atoms in total. The monoisotopic (exact) mass is 279 g/mol. The Labute approximate surface area is 109 Å². The van der Waals surface area contributed by atoms with E-state index < -0.39 is 5.97 Å². The van der Waals surface area contributed by atoms with E-state index >= 15 is 0 Å². The average molecular weight is 280 g/mol. The van der Waals surface area contributed by atoms with Crippen LogP contribution >= 0.6 is 34.7 Å². The summed E-state index contributed by atoms with van der Waals surface area (Å²) < 4.78 is 5.43. The first-order chi connectivity index (χ1) is 7.45. The second-order valence-corrected chi connectivity index (χ2v) is 6.64. The number of halogens is 1. The van der Waals surface area contributed by atoms with Gasteiger partial charge in [-0.15, -0.1) is 0 Å². The van der Waals surface area contributed by atoms with Crippen LogP contribution in [0.15, 0.2) is 4.34 Å². The van der Waals surface area contributed by atoms with Gasteiger partial charge in [-0.1, -0.05) is 55.5 Å². The number of carbonyl (C=O) groups is 1. The predicted octanol–water partition coefficient (Wildman–Crippen LogP) is 3.72. The Morgan fingerprint density at radius 1 is 1.50 bits per heavy atom. The van der Waals surface area contributed by atoms with Crippen molar-refractivity contribution in [2.75, 3.05) is 7.11 Å². The Balaban J connectivity index is 2.81. The normalized spacial score (nSPS) is 12.9. The van der Waals surface area contributed by atoms with Gasteiger partial charge in [-0.2, -0.15) is 0 Å². The third-order valence-corrected chi connectivity index (χ3v) is 5.13. The molecule has 0 aromatic carbocycles. The molecule has 0 spiro atoms. The van der Waals surface area contributed by atoms with Gasteiger partial charge in [-0.3, -0.25) is 0 Å². The van der Waals surface area contributed by atoms with E-state index in [0.29, 0.717) is 16.0 Å². The summed E-state index contributed by atoms with van der Waals surface area (Å²) in [5.74, 6) is 0.126. The molecule has 1 aromatic rings. The molecule has 0 aliphatic rings. The van der Waals surface area contributed by atoms with Crippen molar-refractivity contribution in [1.82, 2.24) is 4.98 Å². The van der Waals surface area contributed by atoms with E-state index in [-0.39, 0.29) is 5.15 Å². The van der Waals surface area contributed by atoms with Crippen LogP contribution in [-0.2, 0) is 4.74 Å². The highest BCUT2D eigenvalue weighted by Gasteiger charge is 2.19. The van der Waals surface area contributed by atoms with Crippen molar-refractivity contribution in [3.63, 3.8) is 0 Å². The minimum absolute atomic E-state index is 0.232. The molecule has 1 rings (SSSR count). The van der Waals surface area contributed by atoms with E-state index in [1.54, 1.807) is 11.8 Å². The maximum Gasteiger partial charge on any atom is 0.351 e. The van der Waals surface area contributed by atoms with Crippen LogP contribution in [0.1, 0.15) is 30.4 Å². The molecular weight excluding hydrogens is 266 g/mol. The van der Waals surface area contributed by atoms with Gasteiger partial charge in [0.2, 0.25) is 0 Å². The maximum atomic E-state index is 11.3. The van der Waals surface area contributed by atoms with Gasteiger partial charge in [0, 0.05) is 5.25 Å². The van der Waals surface area contributed by atoms with E-state index in [1.807, 2.05) is 0 Å². The molecule has 0 fully saturated rings. The summed E-state index contributed by atoms with van der Waals surface area (Å²) in [5, 5.41) is 0.669. The Hall–Kier alpha value is -0.260. The highest BCUT2D eigenvalue weighted by Crippen LogP contribution is 2.34. The van der Waals surface area contributed by atoms with Crippen LogP contribution in [0, 0.1) is 5.92 Å². The molecule has 0 amide bonds. The van der Waals surface area contributed by atoms with Crippen LogP contribution in [-0.4, -0.2) is 23.3 Å². The maximum absolute atomic E-state index is 11.3. The summed E-state index contributed by atoms with van der Waals surface area (Å²) in [6.07, 6.45) is 0. The molecule has 16 heavy (non-hydrogen) atoms. The van der Waals surface area contributed by atoms with E-state index in [1.165, 1.54) is 18.4 Å². The van der Waals surface area contributed by atoms with Gasteiger partial charge in [-0.25, -0.2) is 9.78 Å². The third kappa shape index (κ3) is 3.37. The molecule has 90 valence electrons. The largest absolute Gasteiger partial charge is 0.465 e. The number of carbonyl (C=O) groups excluding carboxylic acids is 1. The molecule has 1 unspecified atom stereocenters. The molecule has 0 aliphatic heterocycles. The number of nitrogens with zero attached hydrogens (tertiary/aromatic N) is 1.